The molecule has 0 saturated heterocycles. The largest absolute Gasteiger partial charge is 0.284 e. The van der Waals surface area contributed by atoms with Crippen LogP contribution in [0.25, 0.3) is 10.2 Å². The van der Waals surface area contributed by atoms with Gasteiger partial charge in [0, 0.05) is 12.7 Å². The second-order valence-electron chi connectivity index (χ2n) is 6.03. The number of aromatic nitrogens is 2. The highest BCUT2D eigenvalue weighted by Gasteiger charge is 2.21. The summed E-state index contributed by atoms with van der Waals surface area (Å²) in [5, 5.41) is 1.05. The van der Waals surface area contributed by atoms with E-state index < -0.39 is 0 Å². The Morgan fingerprint density at radius 3 is 2.52 bits per heavy atom. The number of anilines is 1. The molecule has 0 spiro atoms. The SMILES string of the molecule is O=C(c1ccc(Cl)nc1)N(CCc1ccccc1)c1nc2ccccc2s1. The minimum atomic E-state index is -0.130. The number of pyridine rings is 1. The van der Waals surface area contributed by atoms with Gasteiger partial charge in [-0.15, -0.1) is 0 Å². The van der Waals surface area contributed by atoms with E-state index in [9.17, 15) is 4.79 Å². The van der Waals surface area contributed by atoms with Crippen molar-refractivity contribution in [1.29, 1.82) is 0 Å². The molecule has 0 N–H and O–H groups in total. The van der Waals surface area contributed by atoms with Crippen molar-refractivity contribution in [2.45, 2.75) is 6.42 Å². The normalized spacial score (nSPS) is 10.9. The van der Waals surface area contributed by atoms with Crippen molar-refractivity contribution < 1.29 is 4.79 Å². The Bertz CT molecular complexity index is 1030. The maximum absolute atomic E-state index is 13.2. The Hall–Kier alpha value is -2.76. The molecule has 2 aromatic carbocycles. The van der Waals surface area contributed by atoms with E-state index in [2.05, 4.69) is 22.1 Å². The van der Waals surface area contributed by atoms with Crippen LogP contribution in [-0.2, 0) is 6.42 Å². The molecule has 4 rings (SSSR count). The highest BCUT2D eigenvalue weighted by Crippen LogP contribution is 2.29. The van der Waals surface area contributed by atoms with Crippen LogP contribution in [0.4, 0.5) is 5.13 Å². The van der Waals surface area contributed by atoms with E-state index in [0.717, 1.165) is 16.6 Å². The second kappa shape index (κ2) is 7.86. The van der Waals surface area contributed by atoms with Crippen LogP contribution in [0.3, 0.4) is 0 Å². The molecule has 0 saturated carbocycles. The second-order valence-corrected chi connectivity index (χ2v) is 7.42. The number of rotatable bonds is 5. The zero-order chi connectivity index (χ0) is 18.6. The first-order valence-corrected chi connectivity index (χ1v) is 9.73. The van der Waals surface area contributed by atoms with Crippen LogP contribution in [0.1, 0.15) is 15.9 Å². The molecule has 4 nitrogen and oxygen atoms in total. The molecule has 0 aliphatic heterocycles. The summed E-state index contributed by atoms with van der Waals surface area (Å²) in [6, 6.07) is 21.3. The van der Waals surface area contributed by atoms with E-state index in [4.69, 9.17) is 11.6 Å². The Morgan fingerprint density at radius 2 is 1.78 bits per heavy atom. The number of benzene rings is 2. The molecule has 2 aromatic heterocycles. The van der Waals surface area contributed by atoms with E-state index in [1.165, 1.54) is 23.1 Å². The van der Waals surface area contributed by atoms with Gasteiger partial charge in [-0.3, -0.25) is 9.69 Å². The standard InChI is InChI=1S/C21H16ClN3OS/c22-19-11-10-16(14-23-19)20(26)25(13-12-15-6-2-1-3-7-15)21-24-17-8-4-5-9-18(17)27-21/h1-11,14H,12-13H2. The van der Waals surface area contributed by atoms with Gasteiger partial charge in [-0.05, 0) is 36.2 Å². The quantitative estimate of drug-likeness (QED) is 0.436. The van der Waals surface area contributed by atoms with Gasteiger partial charge in [0.2, 0.25) is 0 Å². The molecule has 0 radical (unpaired) electrons. The molecule has 0 aliphatic carbocycles. The van der Waals surface area contributed by atoms with Gasteiger partial charge in [0.15, 0.2) is 5.13 Å². The number of para-hydroxylation sites is 1. The molecular weight excluding hydrogens is 378 g/mol. The maximum atomic E-state index is 13.2. The third kappa shape index (κ3) is 3.99. The van der Waals surface area contributed by atoms with Crippen molar-refractivity contribution >= 4 is 44.2 Å². The minimum absolute atomic E-state index is 0.130. The number of amides is 1. The lowest BCUT2D eigenvalue weighted by Crippen LogP contribution is -2.33. The third-order valence-electron chi connectivity index (χ3n) is 4.20. The molecule has 134 valence electrons. The van der Waals surface area contributed by atoms with Gasteiger partial charge in [0.05, 0.1) is 15.8 Å². The average Bonchev–Trinajstić information content (AvgIpc) is 3.13. The number of carbonyl (C=O) groups is 1. The van der Waals surface area contributed by atoms with Crippen LogP contribution in [0, 0.1) is 0 Å². The monoisotopic (exact) mass is 393 g/mol. The Morgan fingerprint density at radius 1 is 1.00 bits per heavy atom. The number of fused-ring (bicyclic) bond motifs is 1. The van der Waals surface area contributed by atoms with Crippen molar-refractivity contribution in [2.24, 2.45) is 0 Å². The van der Waals surface area contributed by atoms with E-state index >= 15 is 0 Å². The van der Waals surface area contributed by atoms with Crippen LogP contribution in [0.2, 0.25) is 5.15 Å². The number of hydrogen-bond donors (Lipinski definition) is 0. The fourth-order valence-electron chi connectivity index (χ4n) is 2.80. The summed E-state index contributed by atoms with van der Waals surface area (Å²) in [6.45, 7) is 0.533. The number of carbonyl (C=O) groups excluding carboxylic acids is 1. The lowest BCUT2D eigenvalue weighted by molar-refractivity contribution is 0.0987. The van der Waals surface area contributed by atoms with Gasteiger partial charge < -0.3 is 0 Å². The Labute approximate surface area is 166 Å². The molecule has 6 heteroatoms. The molecular formula is C21H16ClN3OS. The summed E-state index contributed by atoms with van der Waals surface area (Å²) >= 11 is 7.38. The molecule has 0 bridgehead atoms. The van der Waals surface area contributed by atoms with Crippen LogP contribution < -0.4 is 4.90 Å². The first-order valence-electron chi connectivity index (χ1n) is 8.53. The maximum Gasteiger partial charge on any atom is 0.261 e. The van der Waals surface area contributed by atoms with Crippen molar-refractivity contribution in [2.75, 3.05) is 11.4 Å². The molecule has 4 aromatic rings. The topological polar surface area (TPSA) is 46.1 Å². The number of hydrogen-bond acceptors (Lipinski definition) is 4. The molecule has 2 heterocycles. The number of nitrogens with zero attached hydrogens (tertiary/aromatic N) is 3. The predicted octanol–water partition coefficient (Wildman–Crippen LogP) is 5.23. The summed E-state index contributed by atoms with van der Waals surface area (Å²) in [5.41, 5.74) is 2.56. The van der Waals surface area contributed by atoms with Crippen molar-refractivity contribution in [3.05, 3.63) is 89.2 Å². The van der Waals surface area contributed by atoms with Crippen LogP contribution in [-0.4, -0.2) is 22.4 Å². The first-order chi connectivity index (χ1) is 13.2. The summed E-state index contributed by atoms with van der Waals surface area (Å²) in [4.78, 5) is 23.6. The fraction of sp³-hybridized carbons (Fsp3) is 0.0952. The van der Waals surface area contributed by atoms with E-state index in [-0.39, 0.29) is 5.91 Å². The molecule has 0 fully saturated rings. The minimum Gasteiger partial charge on any atom is -0.284 e. The van der Waals surface area contributed by atoms with Gasteiger partial charge >= 0.3 is 0 Å². The van der Waals surface area contributed by atoms with E-state index in [1.54, 1.807) is 17.0 Å². The zero-order valence-corrected chi connectivity index (χ0v) is 16.0. The fourth-order valence-corrected chi connectivity index (χ4v) is 3.91. The molecule has 0 unspecified atom stereocenters. The Balaban J connectivity index is 1.67. The highest BCUT2D eigenvalue weighted by molar-refractivity contribution is 7.22. The number of halogens is 1. The van der Waals surface area contributed by atoms with Gasteiger partial charge in [0.25, 0.3) is 5.91 Å². The first kappa shape index (κ1) is 17.6. The molecule has 0 atom stereocenters. The van der Waals surface area contributed by atoms with E-state index in [1.807, 2.05) is 42.5 Å². The Kier molecular flexibility index (Phi) is 5.14. The van der Waals surface area contributed by atoms with Crippen LogP contribution in [0.15, 0.2) is 72.9 Å². The predicted molar refractivity (Wildman–Crippen MR) is 111 cm³/mol. The van der Waals surface area contributed by atoms with Gasteiger partial charge in [-0.2, -0.15) is 0 Å². The zero-order valence-electron chi connectivity index (χ0n) is 14.4. The van der Waals surface area contributed by atoms with Gasteiger partial charge in [0.1, 0.15) is 5.15 Å². The summed E-state index contributed by atoms with van der Waals surface area (Å²) in [5.74, 6) is -0.130. The lowest BCUT2D eigenvalue weighted by atomic mass is 10.1. The highest BCUT2D eigenvalue weighted by atomic mass is 35.5. The summed E-state index contributed by atoms with van der Waals surface area (Å²) < 4.78 is 1.05. The smallest absolute Gasteiger partial charge is 0.261 e. The van der Waals surface area contributed by atoms with Crippen molar-refractivity contribution in [3.63, 3.8) is 0 Å². The van der Waals surface area contributed by atoms with Crippen molar-refractivity contribution in [3.8, 4) is 0 Å². The summed E-state index contributed by atoms with van der Waals surface area (Å²) in [6.07, 6.45) is 2.25. The van der Waals surface area contributed by atoms with Crippen LogP contribution in [0.5, 0.6) is 0 Å². The van der Waals surface area contributed by atoms with E-state index in [0.29, 0.717) is 22.4 Å². The molecule has 27 heavy (non-hydrogen) atoms. The third-order valence-corrected chi connectivity index (χ3v) is 5.48. The average molecular weight is 394 g/mol. The van der Waals surface area contributed by atoms with Gasteiger partial charge in [-0.25, -0.2) is 9.97 Å². The van der Waals surface area contributed by atoms with Crippen molar-refractivity contribution in [1.82, 2.24) is 9.97 Å². The lowest BCUT2D eigenvalue weighted by Gasteiger charge is -2.20. The van der Waals surface area contributed by atoms with Crippen LogP contribution >= 0.6 is 22.9 Å². The molecule has 1 amide bonds. The molecule has 0 aliphatic rings. The summed E-state index contributed by atoms with van der Waals surface area (Å²) in [7, 11) is 0. The number of thiazole rings is 1. The van der Waals surface area contributed by atoms with Gasteiger partial charge in [-0.1, -0.05) is 65.4 Å².